The zero-order valence-electron chi connectivity index (χ0n) is 16.4. The zero-order chi connectivity index (χ0) is 18.8. The molecule has 0 aliphatic carbocycles. The number of nitrogens with zero attached hydrogens (tertiary/aromatic N) is 4. The number of para-hydroxylation sites is 1. The molecule has 1 amide bonds. The molecule has 1 N–H and O–H groups in total. The summed E-state index contributed by atoms with van der Waals surface area (Å²) in [4.78, 5) is 22.8. The van der Waals surface area contributed by atoms with Gasteiger partial charge in [-0.1, -0.05) is 18.2 Å². The maximum atomic E-state index is 11.5. The Morgan fingerprint density at radius 3 is 2.35 bits per heavy atom. The van der Waals surface area contributed by atoms with Crippen molar-refractivity contribution in [3.63, 3.8) is 0 Å². The van der Waals surface area contributed by atoms with Gasteiger partial charge in [-0.2, -0.15) is 0 Å². The number of carbonyl (C=O) groups is 1. The Kier molecular flexibility index (Phi) is 8.25. The largest absolute Gasteiger partial charge is 0.372 e. The van der Waals surface area contributed by atoms with Crippen molar-refractivity contribution in [2.45, 2.75) is 27.2 Å². The summed E-state index contributed by atoms with van der Waals surface area (Å²) >= 11 is 0. The van der Waals surface area contributed by atoms with Crippen molar-refractivity contribution in [1.82, 2.24) is 15.1 Å². The number of piperazine rings is 1. The van der Waals surface area contributed by atoms with E-state index in [-0.39, 0.29) is 5.91 Å². The number of hydrogen-bond donors (Lipinski definition) is 1. The molecule has 0 bridgehead atoms. The van der Waals surface area contributed by atoms with E-state index in [0.717, 1.165) is 64.7 Å². The van der Waals surface area contributed by atoms with Gasteiger partial charge in [0.1, 0.15) is 0 Å². The maximum absolute atomic E-state index is 11.5. The van der Waals surface area contributed by atoms with Crippen LogP contribution in [0.25, 0.3) is 0 Å². The van der Waals surface area contributed by atoms with Gasteiger partial charge in [0, 0.05) is 65.0 Å². The van der Waals surface area contributed by atoms with Gasteiger partial charge in [0.15, 0.2) is 5.96 Å². The van der Waals surface area contributed by atoms with E-state index in [1.54, 1.807) is 6.92 Å². The summed E-state index contributed by atoms with van der Waals surface area (Å²) in [5.74, 6) is 1.13. The van der Waals surface area contributed by atoms with Crippen LogP contribution in [0.1, 0.15) is 27.2 Å². The smallest absolute Gasteiger partial charge is 0.219 e. The number of nitrogens with one attached hydrogen (secondary N) is 1. The van der Waals surface area contributed by atoms with Gasteiger partial charge < -0.3 is 20.0 Å². The molecule has 6 heteroatoms. The van der Waals surface area contributed by atoms with Crippen LogP contribution in [-0.2, 0) is 4.79 Å². The molecule has 144 valence electrons. The molecule has 0 unspecified atom stereocenters. The van der Waals surface area contributed by atoms with Gasteiger partial charge in [0.05, 0.1) is 0 Å². The van der Waals surface area contributed by atoms with Gasteiger partial charge >= 0.3 is 0 Å². The Hall–Kier alpha value is -2.24. The molecule has 0 aromatic heterocycles. The maximum Gasteiger partial charge on any atom is 0.219 e. The molecule has 1 saturated heterocycles. The van der Waals surface area contributed by atoms with Gasteiger partial charge in [-0.15, -0.1) is 0 Å². The molecular weight excluding hydrogens is 326 g/mol. The average Bonchev–Trinajstić information content (AvgIpc) is 2.68. The van der Waals surface area contributed by atoms with Crippen LogP contribution in [0.4, 0.5) is 5.69 Å². The SMILES string of the molecule is CCNC(=NCCCN(CC)c1ccccc1)N1CCN(C(C)=O)CC1. The molecule has 6 nitrogen and oxygen atoms in total. The normalized spacial score (nSPS) is 15.1. The van der Waals surface area contributed by atoms with Crippen molar-refractivity contribution >= 4 is 17.6 Å². The minimum atomic E-state index is 0.159. The van der Waals surface area contributed by atoms with Gasteiger partial charge in [-0.3, -0.25) is 9.79 Å². The number of amides is 1. The van der Waals surface area contributed by atoms with Crippen molar-refractivity contribution in [2.75, 3.05) is 57.3 Å². The monoisotopic (exact) mass is 359 g/mol. The van der Waals surface area contributed by atoms with Crippen molar-refractivity contribution in [2.24, 2.45) is 4.99 Å². The molecule has 1 fully saturated rings. The highest BCUT2D eigenvalue weighted by molar-refractivity contribution is 5.80. The van der Waals surface area contributed by atoms with E-state index in [4.69, 9.17) is 4.99 Å². The van der Waals surface area contributed by atoms with Gasteiger partial charge in [0.25, 0.3) is 0 Å². The lowest BCUT2D eigenvalue weighted by Crippen LogP contribution is -2.53. The predicted molar refractivity (Wildman–Crippen MR) is 109 cm³/mol. The quantitative estimate of drug-likeness (QED) is 0.460. The third kappa shape index (κ3) is 5.93. The van der Waals surface area contributed by atoms with E-state index in [1.807, 2.05) is 4.90 Å². The first-order valence-corrected chi connectivity index (χ1v) is 9.74. The second kappa shape index (κ2) is 10.7. The Morgan fingerprint density at radius 2 is 1.77 bits per heavy atom. The van der Waals surface area contributed by atoms with Gasteiger partial charge in [-0.25, -0.2) is 0 Å². The van der Waals surface area contributed by atoms with Gasteiger partial charge in [0.2, 0.25) is 5.91 Å². The molecule has 26 heavy (non-hydrogen) atoms. The van der Waals surface area contributed by atoms with Crippen LogP contribution in [0.15, 0.2) is 35.3 Å². The predicted octanol–water partition coefficient (Wildman–Crippen LogP) is 2.03. The lowest BCUT2D eigenvalue weighted by atomic mass is 10.2. The fraction of sp³-hybridized carbons (Fsp3) is 0.600. The number of hydrogen-bond acceptors (Lipinski definition) is 3. The summed E-state index contributed by atoms with van der Waals surface area (Å²) in [5, 5.41) is 3.39. The molecule has 1 aromatic rings. The minimum Gasteiger partial charge on any atom is -0.372 e. The molecule has 0 saturated carbocycles. The Balaban J connectivity index is 1.84. The third-order valence-electron chi connectivity index (χ3n) is 4.71. The minimum absolute atomic E-state index is 0.159. The molecule has 0 radical (unpaired) electrons. The summed E-state index contributed by atoms with van der Waals surface area (Å²) in [7, 11) is 0. The molecule has 1 aliphatic heterocycles. The molecular formula is C20H33N5O. The Morgan fingerprint density at radius 1 is 1.12 bits per heavy atom. The molecule has 1 aromatic carbocycles. The molecule has 1 aliphatic rings. The first-order valence-electron chi connectivity index (χ1n) is 9.74. The number of rotatable bonds is 7. The number of guanidine groups is 1. The highest BCUT2D eigenvalue weighted by Crippen LogP contribution is 2.13. The number of anilines is 1. The van der Waals surface area contributed by atoms with Crippen molar-refractivity contribution < 1.29 is 4.79 Å². The Labute approximate surface area is 157 Å². The van der Waals surface area contributed by atoms with Crippen molar-refractivity contribution in [3.05, 3.63) is 30.3 Å². The van der Waals surface area contributed by atoms with E-state index in [0.29, 0.717) is 0 Å². The summed E-state index contributed by atoms with van der Waals surface area (Å²) in [6, 6.07) is 10.5. The molecule has 1 heterocycles. The fourth-order valence-electron chi connectivity index (χ4n) is 3.21. The summed E-state index contributed by atoms with van der Waals surface area (Å²) < 4.78 is 0. The van der Waals surface area contributed by atoms with E-state index in [2.05, 4.69) is 59.3 Å². The molecule has 2 rings (SSSR count). The lowest BCUT2D eigenvalue weighted by molar-refractivity contribution is -0.130. The average molecular weight is 360 g/mol. The van der Waals surface area contributed by atoms with Crippen LogP contribution in [0.3, 0.4) is 0 Å². The third-order valence-corrected chi connectivity index (χ3v) is 4.71. The van der Waals surface area contributed by atoms with E-state index < -0.39 is 0 Å². The number of aliphatic imine (C=N–C) groups is 1. The number of benzene rings is 1. The second-order valence-electron chi connectivity index (χ2n) is 6.50. The first kappa shape index (κ1) is 20.1. The lowest BCUT2D eigenvalue weighted by Gasteiger charge is -2.36. The summed E-state index contributed by atoms with van der Waals surface area (Å²) in [6.07, 6.45) is 1.02. The standard InChI is InChI=1S/C20H33N5O/c1-4-21-20(25-16-14-24(15-17-25)18(3)26)22-12-9-13-23(5-2)19-10-7-6-8-11-19/h6-8,10-11H,4-5,9,12-17H2,1-3H3,(H,21,22). The van der Waals surface area contributed by atoms with Crippen LogP contribution in [0, 0.1) is 0 Å². The fourth-order valence-corrected chi connectivity index (χ4v) is 3.21. The molecule has 0 atom stereocenters. The topological polar surface area (TPSA) is 51.2 Å². The number of carbonyl (C=O) groups excluding carboxylic acids is 1. The van der Waals surface area contributed by atoms with E-state index in [1.165, 1.54) is 5.69 Å². The second-order valence-corrected chi connectivity index (χ2v) is 6.50. The van der Waals surface area contributed by atoms with Crippen LogP contribution in [0.2, 0.25) is 0 Å². The van der Waals surface area contributed by atoms with Crippen LogP contribution in [0.5, 0.6) is 0 Å². The van der Waals surface area contributed by atoms with Crippen LogP contribution in [-0.4, -0.2) is 74.0 Å². The highest BCUT2D eigenvalue weighted by atomic mass is 16.2. The first-order chi connectivity index (χ1) is 12.7. The van der Waals surface area contributed by atoms with E-state index >= 15 is 0 Å². The summed E-state index contributed by atoms with van der Waals surface area (Å²) in [6.45, 7) is 12.8. The van der Waals surface area contributed by atoms with Crippen LogP contribution >= 0.6 is 0 Å². The van der Waals surface area contributed by atoms with Crippen LogP contribution < -0.4 is 10.2 Å². The summed E-state index contributed by atoms with van der Waals surface area (Å²) in [5.41, 5.74) is 1.27. The van der Waals surface area contributed by atoms with Crippen molar-refractivity contribution in [3.8, 4) is 0 Å². The highest BCUT2D eigenvalue weighted by Gasteiger charge is 2.20. The van der Waals surface area contributed by atoms with Gasteiger partial charge in [-0.05, 0) is 32.4 Å². The molecule has 0 spiro atoms. The van der Waals surface area contributed by atoms with E-state index in [9.17, 15) is 4.79 Å². The van der Waals surface area contributed by atoms with Crippen molar-refractivity contribution in [1.29, 1.82) is 0 Å². The zero-order valence-corrected chi connectivity index (χ0v) is 16.4. The Bertz CT molecular complexity index is 567.